The molecule has 0 aliphatic heterocycles. The summed E-state index contributed by atoms with van der Waals surface area (Å²) < 4.78 is 54.5. The molecule has 10 heteroatoms. The van der Waals surface area contributed by atoms with Crippen molar-refractivity contribution < 1.29 is 37.7 Å². The van der Waals surface area contributed by atoms with Crippen molar-refractivity contribution in [1.29, 1.82) is 0 Å². The highest BCUT2D eigenvalue weighted by molar-refractivity contribution is 7.79. The fourth-order valence-corrected chi connectivity index (χ4v) is 15.2. The minimum absolute atomic E-state index is 0.0257. The lowest BCUT2D eigenvalue weighted by atomic mass is 9.68. The number of hydrogen-bond donors (Lipinski definition) is 0. The van der Waals surface area contributed by atoms with Gasteiger partial charge >= 0.3 is 11.9 Å². The second-order valence-electron chi connectivity index (χ2n) is 17.2. The number of benzene rings is 8. The number of hydrogen-bond acceptors (Lipinski definition) is 8. The van der Waals surface area contributed by atoms with Gasteiger partial charge in [-0.2, -0.15) is 0 Å². The highest BCUT2D eigenvalue weighted by atomic mass is 31.2. The summed E-state index contributed by atoms with van der Waals surface area (Å²) in [7, 11) is -6.57. The summed E-state index contributed by atoms with van der Waals surface area (Å²) in [5.41, 5.74) is 5.65. The van der Waals surface area contributed by atoms with E-state index >= 15 is 9.13 Å². The summed E-state index contributed by atoms with van der Waals surface area (Å²) in [6, 6.07) is 69.7. The van der Waals surface area contributed by atoms with Gasteiger partial charge in [-0.3, -0.25) is 0 Å². The van der Waals surface area contributed by atoms with Gasteiger partial charge in [0.1, 0.15) is 51.2 Å². The molecule has 1 aliphatic carbocycles. The fourth-order valence-electron chi connectivity index (χ4n) is 9.65. The topological polar surface area (TPSA) is 105 Å². The Morgan fingerprint density at radius 2 is 0.718 bits per heavy atom. The molecule has 8 nitrogen and oxygen atoms in total. The molecule has 1 aliphatic rings. The lowest BCUT2D eigenvalue weighted by Gasteiger charge is -2.34. The van der Waals surface area contributed by atoms with E-state index in [1.54, 1.807) is 0 Å². The van der Waals surface area contributed by atoms with Gasteiger partial charge in [-0.05, 0) is 57.6 Å². The molecule has 9 rings (SSSR count). The molecule has 0 saturated carbocycles. The van der Waals surface area contributed by atoms with Gasteiger partial charge in [-0.25, -0.2) is 9.59 Å². The van der Waals surface area contributed by atoms with Crippen molar-refractivity contribution in [2.24, 2.45) is 0 Å². The Kier molecular flexibility index (Phi) is 14.6. The predicted octanol–water partition coefficient (Wildman–Crippen LogP) is 11.0. The zero-order chi connectivity index (χ0) is 49.3. The first-order valence-electron chi connectivity index (χ1n) is 23.4. The Hall–Kier alpha value is -7.76. The average Bonchev–Trinajstić information content (AvgIpc) is 3.73. The van der Waals surface area contributed by atoms with Crippen molar-refractivity contribution in [1.82, 2.24) is 0 Å². The predicted molar refractivity (Wildman–Crippen MR) is 284 cm³/mol. The molecule has 2 unspecified atom stereocenters. The second kappa shape index (κ2) is 21.5. The van der Waals surface area contributed by atoms with E-state index in [1.165, 1.54) is 0 Å². The Morgan fingerprint density at radius 1 is 0.423 bits per heavy atom. The maximum absolute atomic E-state index is 15.0. The highest BCUT2D eigenvalue weighted by Gasteiger charge is 2.46. The first-order chi connectivity index (χ1) is 34.6. The second-order valence-corrected chi connectivity index (χ2v) is 23.0. The number of rotatable bonds is 20. The van der Waals surface area contributed by atoms with E-state index in [2.05, 4.69) is 73.8 Å². The van der Waals surface area contributed by atoms with Gasteiger partial charge in [0.05, 0.1) is 5.41 Å². The minimum Gasteiger partial charge on any atom is -0.490 e. The van der Waals surface area contributed by atoms with Crippen LogP contribution in [0.15, 0.2) is 244 Å². The third kappa shape index (κ3) is 10.0. The van der Waals surface area contributed by atoms with Gasteiger partial charge in [0, 0.05) is 45.7 Å². The standard InChI is InChI=1S/C61H52O8P2/c1-3-59(62)68-49(43-70(64,51-21-9-5-10-22-51)52-23-11-6-12-24-52)41-66-47-37-33-45(34-38-47)61(57-31-19-17-29-55(57)56-30-18-20-32-58(56)61)46-35-39-48(40-36-46)67-42-50(69-60(63)4-2)44-71(65,53-25-13-7-14-26-53)54-27-15-8-16-28-54/h3-40,49-50H,1-2,41-44H2. The van der Waals surface area contributed by atoms with Crippen LogP contribution in [-0.4, -0.2) is 49.7 Å². The molecule has 0 aromatic heterocycles. The normalized spacial score (nSPS) is 13.4. The van der Waals surface area contributed by atoms with Crippen LogP contribution in [0.1, 0.15) is 22.3 Å². The zero-order valence-electron chi connectivity index (χ0n) is 39.0. The quantitative estimate of drug-likeness (QED) is 0.0422. The van der Waals surface area contributed by atoms with Crippen LogP contribution in [0.4, 0.5) is 0 Å². The highest BCUT2D eigenvalue weighted by Crippen LogP contribution is 2.56. The average molecular weight is 975 g/mol. The molecule has 71 heavy (non-hydrogen) atoms. The molecule has 0 amide bonds. The first kappa shape index (κ1) is 48.3. The Morgan fingerprint density at radius 3 is 1.03 bits per heavy atom. The van der Waals surface area contributed by atoms with Crippen LogP contribution in [-0.2, 0) is 33.6 Å². The number of esters is 2. The number of fused-ring (bicyclic) bond motifs is 3. The van der Waals surface area contributed by atoms with Crippen LogP contribution in [0.25, 0.3) is 11.1 Å². The van der Waals surface area contributed by atoms with Gasteiger partial charge in [-0.15, -0.1) is 0 Å². The van der Waals surface area contributed by atoms with E-state index in [0.29, 0.717) is 32.7 Å². The maximum Gasteiger partial charge on any atom is 0.330 e. The SMILES string of the molecule is C=CC(=O)OC(COc1ccc(C2(c3ccc(OCC(CP(=O)(c4ccccc4)c4ccccc4)OC(=O)C=C)cc3)c3ccccc3-c3ccccc32)cc1)CP(=O)(c1ccccc1)c1ccccc1. The van der Waals surface area contributed by atoms with Crippen molar-refractivity contribution in [2.45, 2.75) is 17.6 Å². The van der Waals surface area contributed by atoms with Crippen molar-refractivity contribution in [3.8, 4) is 22.6 Å². The zero-order valence-corrected chi connectivity index (χ0v) is 40.8. The summed E-state index contributed by atoms with van der Waals surface area (Å²) >= 11 is 0. The molecule has 8 aromatic rings. The molecule has 0 spiro atoms. The summed E-state index contributed by atoms with van der Waals surface area (Å²) in [5, 5.41) is 2.63. The lowest BCUT2D eigenvalue weighted by Crippen LogP contribution is -2.32. The van der Waals surface area contributed by atoms with Crippen LogP contribution < -0.4 is 30.7 Å². The Bertz CT molecular complexity index is 2930. The summed E-state index contributed by atoms with van der Waals surface area (Å²) in [4.78, 5) is 25.4. The van der Waals surface area contributed by atoms with Crippen LogP contribution in [0.2, 0.25) is 0 Å². The largest absolute Gasteiger partial charge is 0.490 e. The fraction of sp³-hybridized carbons (Fsp3) is 0.115. The lowest BCUT2D eigenvalue weighted by molar-refractivity contribution is -0.144. The van der Waals surface area contributed by atoms with Crippen LogP contribution in [0.3, 0.4) is 0 Å². The van der Waals surface area contributed by atoms with Crippen LogP contribution in [0.5, 0.6) is 11.5 Å². The van der Waals surface area contributed by atoms with Crippen molar-refractivity contribution in [3.05, 3.63) is 266 Å². The van der Waals surface area contributed by atoms with Crippen molar-refractivity contribution in [3.63, 3.8) is 0 Å². The first-order valence-corrected chi connectivity index (χ1v) is 27.2. The molecule has 8 aromatic carbocycles. The van der Waals surface area contributed by atoms with Gasteiger partial charge in [0.2, 0.25) is 0 Å². The molecule has 0 N–H and O–H groups in total. The molecular weight excluding hydrogens is 923 g/mol. The molecule has 0 radical (unpaired) electrons. The van der Waals surface area contributed by atoms with Gasteiger partial charge in [0.25, 0.3) is 0 Å². The maximum atomic E-state index is 15.0. The molecule has 0 bridgehead atoms. The Balaban J connectivity index is 1.01. The van der Waals surface area contributed by atoms with Crippen molar-refractivity contribution >= 4 is 47.4 Å². The number of carbonyl (C=O) groups is 2. The van der Waals surface area contributed by atoms with Gasteiger partial charge < -0.3 is 28.1 Å². The third-order valence-corrected chi connectivity index (χ3v) is 19.3. The van der Waals surface area contributed by atoms with E-state index in [-0.39, 0.29) is 25.5 Å². The molecule has 2 atom stereocenters. The van der Waals surface area contributed by atoms with E-state index in [9.17, 15) is 9.59 Å². The van der Waals surface area contributed by atoms with E-state index in [1.807, 2.05) is 158 Å². The smallest absolute Gasteiger partial charge is 0.330 e. The summed E-state index contributed by atoms with van der Waals surface area (Å²) in [6.45, 7) is 7.10. The number of carbonyl (C=O) groups excluding carboxylic acids is 2. The van der Waals surface area contributed by atoms with E-state index in [4.69, 9.17) is 18.9 Å². The van der Waals surface area contributed by atoms with Crippen LogP contribution >= 0.6 is 14.3 Å². The van der Waals surface area contributed by atoms with E-state index in [0.717, 1.165) is 45.5 Å². The summed E-state index contributed by atoms with van der Waals surface area (Å²) in [5.74, 6) is -0.188. The number of ether oxygens (including phenoxy) is 4. The van der Waals surface area contributed by atoms with Gasteiger partial charge in [-0.1, -0.05) is 207 Å². The molecule has 0 fully saturated rings. The van der Waals surface area contributed by atoms with E-state index < -0.39 is 43.8 Å². The molecule has 0 heterocycles. The third-order valence-electron chi connectivity index (χ3n) is 12.9. The minimum atomic E-state index is -3.28. The Labute approximate surface area is 415 Å². The molecule has 354 valence electrons. The molecule has 0 saturated heterocycles. The molecular formula is C61H52O8P2. The van der Waals surface area contributed by atoms with Gasteiger partial charge in [0.15, 0.2) is 0 Å². The van der Waals surface area contributed by atoms with Crippen molar-refractivity contribution in [2.75, 3.05) is 25.5 Å². The summed E-state index contributed by atoms with van der Waals surface area (Å²) in [6.07, 6.45) is 0.518. The monoisotopic (exact) mass is 974 g/mol. The van der Waals surface area contributed by atoms with Crippen LogP contribution in [0, 0.1) is 0 Å².